The first kappa shape index (κ1) is 13.9. The molecule has 2 rings (SSSR count). The second kappa shape index (κ2) is 7.13. The van der Waals surface area contributed by atoms with Gasteiger partial charge in [0, 0.05) is 0 Å². The first-order valence-electron chi connectivity index (χ1n) is 7.45. The summed E-state index contributed by atoms with van der Waals surface area (Å²) < 4.78 is 0. The van der Waals surface area contributed by atoms with Crippen molar-refractivity contribution in [1.82, 2.24) is 0 Å². The second-order valence-electron chi connectivity index (χ2n) is 5.27. The molecule has 0 bridgehead atoms. The van der Waals surface area contributed by atoms with Crippen LogP contribution in [-0.2, 0) is 0 Å². The molecule has 0 fully saturated rings. The highest BCUT2D eigenvalue weighted by molar-refractivity contribution is 5.23. The first-order valence-corrected chi connectivity index (χ1v) is 7.45. The van der Waals surface area contributed by atoms with Crippen LogP contribution in [-0.4, -0.2) is 0 Å². The van der Waals surface area contributed by atoms with Gasteiger partial charge in [-0.15, -0.1) is 0 Å². The van der Waals surface area contributed by atoms with Crippen molar-refractivity contribution in [3.63, 3.8) is 0 Å². The first-order chi connectivity index (χ1) is 9.35. The number of hydrogen-bond donors (Lipinski definition) is 0. The van der Waals surface area contributed by atoms with Gasteiger partial charge in [0.05, 0.1) is 0 Å². The fraction of sp³-hybridized carbons (Fsp3) is 0.368. The largest absolute Gasteiger partial charge is 0.0648 e. The minimum Gasteiger partial charge on any atom is -0.0648 e. The van der Waals surface area contributed by atoms with Crippen LogP contribution >= 0.6 is 0 Å². The number of hydrogen-bond acceptors (Lipinski definition) is 0. The summed E-state index contributed by atoms with van der Waals surface area (Å²) in [5.74, 6) is 1.35. The lowest BCUT2D eigenvalue weighted by atomic mass is 9.82. The molecule has 2 aromatic carbocycles. The van der Waals surface area contributed by atoms with Crippen molar-refractivity contribution in [2.75, 3.05) is 0 Å². The van der Waals surface area contributed by atoms with Crippen molar-refractivity contribution < 1.29 is 0 Å². The summed E-state index contributed by atoms with van der Waals surface area (Å²) >= 11 is 0. The zero-order valence-electron chi connectivity index (χ0n) is 12.0. The molecule has 0 aliphatic rings. The van der Waals surface area contributed by atoms with E-state index in [2.05, 4.69) is 74.5 Å². The molecule has 0 N–H and O–H groups in total. The predicted octanol–water partition coefficient (Wildman–Crippen LogP) is 5.76. The van der Waals surface area contributed by atoms with E-state index < -0.39 is 0 Å². The Morgan fingerprint density at radius 1 is 0.632 bits per heavy atom. The van der Waals surface area contributed by atoms with Crippen molar-refractivity contribution in [2.45, 2.75) is 44.9 Å². The number of rotatable bonds is 6. The minimum atomic E-state index is 0.673. The van der Waals surface area contributed by atoms with Crippen LogP contribution in [0.2, 0.25) is 0 Å². The Bertz CT molecular complexity index is 412. The highest BCUT2D eigenvalue weighted by Crippen LogP contribution is 2.33. The van der Waals surface area contributed by atoms with Gasteiger partial charge in [-0.25, -0.2) is 0 Å². The summed E-state index contributed by atoms with van der Waals surface area (Å²) in [6, 6.07) is 21.9. The van der Waals surface area contributed by atoms with Gasteiger partial charge >= 0.3 is 0 Å². The molecule has 0 saturated carbocycles. The van der Waals surface area contributed by atoms with E-state index >= 15 is 0 Å². The van der Waals surface area contributed by atoms with Crippen LogP contribution in [0, 0.1) is 0 Å². The number of benzene rings is 2. The van der Waals surface area contributed by atoms with E-state index in [1.54, 1.807) is 0 Å². The molecule has 0 aliphatic carbocycles. The minimum absolute atomic E-state index is 0.673. The van der Waals surface area contributed by atoms with E-state index in [1.807, 2.05) is 0 Å². The lowest BCUT2D eigenvalue weighted by Crippen LogP contribution is -2.05. The highest BCUT2D eigenvalue weighted by atomic mass is 14.2. The zero-order valence-corrected chi connectivity index (χ0v) is 12.0. The summed E-state index contributed by atoms with van der Waals surface area (Å²) in [4.78, 5) is 0. The maximum absolute atomic E-state index is 2.30. The van der Waals surface area contributed by atoms with Crippen LogP contribution in [0.5, 0.6) is 0 Å². The molecular weight excluding hydrogens is 228 g/mol. The molecule has 0 aromatic heterocycles. The monoisotopic (exact) mass is 252 g/mol. The van der Waals surface area contributed by atoms with Crippen LogP contribution in [0.1, 0.15) is 56.1 Å². The van der Waals surface area contributed by atoms with Crippen molar-refractivity contribution >= 4 is 0 Å². The SMILES string of the molecule is CCC(CC(CC)c1ccccc1)c1ccccc1. The Morgan fingerprint density at radius 2 is 1.00 bits per heavy atom. The van der Waals surface area contributed by atoms with Gasteiger partial charge in [-0.3, -0.25) is 0 Å². The third kappa shape index (κ3) is 3.70. The average molecular weight is 252 g/mol. The van der Waals surface area contributed by atoms with Gasteiger partial charge < -0.3 is 0 Å². The van der Waals surface area contributed by atoms with Crippen LogP contribution in [0.4, 0.5) is 0 Å². The Morgan fingerprint density at radius 3 is 1.32 bits per heavy atom. The Kier molecular flexibility index (Phi) is 5.20. The molecule has 0 aliphatic heterocycles. The van der Waals surface area contributed by atoms with Crippen LogP contribution < -0.4 is 0 Å². The lowest BCUT2D eigenvalue weighted by Gasteiger charge is -2.22. The van der Waals surface area contributed by atoms with Gasteiger partial charge in [0.25, 0.3) is 0 Å². The summed E-state index contributed by atoms with van der Waals surface area (Å²) in [5, 5.41) is 0. The van der Waals surface area contributed by atoms with E-state index in [1.165, 1.54) is 30.4 Å². The highest BCUT2D eigenvalue weighted by Gasteiger charge is 2.16. The maximum atomic E-state index is 2.30. The van der Waals surface area contributed by atoms with Gasteiger partial charge in [0.1, 0.15) is 0 Å². The smallest absolute Gasteiger partial charge is 0.0159 e. The average Bonchev–Trinajstić information content (AvgIpc) is 2.50. The standard InChI is InChI=1S/C19H24/c1-3-16(18-11-7-5-8-12-18)15-17(4-2)19-13-9-6-10-14-19/h5-14,16-17H,3-4,15H2,1-2H3. The quantitative estimate of drug-likeness (QED) is 0.612. The molecule has 2 aromatic rings. The summed E-state index contributed by atoms with van der Waals surface area (Å²) in [6.07, 6.45) is 3.68. The van der Waals surface area contributed by atoms with Gasteiger partial charge in [-0.2, -0.15) is 0 Å². The summed E-state index contributed by atoms with van der Waals surface area (Å²) in [7, 11) is 0. The Hall–Kier alpha value is -1.56. The molecule has 0 amide bonds. The fourth-order valence-electron chi connectivity index (χ4n) is 2.87. The van der Waals surface area contributed by atoms with Crippen LogP contribution in [0.3, 0.4) is 0 Å². The molecule has 0 heterocycles. The van der Waals surface area contributed by atoms with Crippen LogP contribution in [0.15, 0.2) is 60.7 Å². The third-order valence-corrected chi connectivity index (χ3v) is 4.10. The molecule has 0 heteroatoms. The summed E-state index contributed by atoms with van der Waals surface area (Å²) in [6.45, 7) is 4.60. The van der Waals surface area contributed by atoms with Gasteiger partial charge in [0.15, 0.2) is 0 Å². The maximum Gasteiger partial charge on any atom is -0.0159 e. The molecule has 0 nitrogen and oxygen atoms in total. The second-order valence-corrected chi connectivity index (χ2v) is 5.27. The molecular formula is C19H24. The molecule has 0 spiro atoms. The van der Waals surface area contributed by atoms with E-state index in [0.717, 1.165) is 0 Å². The van der Waals surface area contributed by atoms with Gasteiger partial charge in [-0.05, 0) is 42.2 Å². The predicted molar refractivity (Wildman–Crippen MR) is 83.6 cm³/mol. The van der Waals surface area contributed by atoms with Crippen molar-refractivity contribution in [3.05, 3.63) is 71.8 Å². The topological polar surface area (TPSA) is 0 Å². The molecule has 0 saturated heterocycles. The van der Waals surface area contributed by atoms with Gasteiger partial charge in [0.2, 0.25) is 0 Å². The molecule has 0 radical (unpaired) electrons. The third-order valence-electron chi connectivity index (χ3n) is 4.10. The van der Waals surface area contributed by atoms with E-state index in [-0.39, 0.29) is 0 Å². The molecule has 2 unspecified atom stereocenters. The Labute approximate surface area is 117 Å². The lowest BCUT2D eigenvalue weighted by molar-refractivity contribution is 0.509. The normalized spacial score (nSPS) is 14.0. The Balaban J connectivity index is 2.13. The molecule has 19 heavy (non-hydrogen) atoms. The summed E-state index contributed by atoms with van der Waals surface area (Å²) in [5.41, 5.74) is 2.97. The van der Waals surface area contributed by atoms with Crippen molar-refractivity contribution in [1.29, 1.82) is 0 Å². The van der Waals surface area contributed by atoms with E-state index in [4.69, 9.17) is 0 Å². The van der Waals surface area contributed by atoms with E-state index in [9.17, 15) is 0 Å². The van der Waals surface area contributed by atoms with E-state index in [0.29, 0.717) is 11.8 Å². The van der Waals surface area contributed by atoms with Gasteiger partial charge in [-0.1, -0.05) is 74.5 Å². The molecule has 2 atom stereocenters. The molecule has 100 valence electrons. The zero-order chi connectivity index (χ0) is 13.5. The fourth-order valence-corrected chi connectivity index (χ4v) is 2.87. The van der Waals surface area contributed by atoms with Crippen molar-refractivity contribution in [2.24, 2.45) is 0 Å². The van der Waals surface area contributed by atoms with Crippen molar-refractivity contribution in [3.8, 4) is 0 Å². The van der Waals surface area contributed by atoms with Crippen LogP contribution in [0.25, 0.3) is 0 Å².